The van der Waals surface area contributed by atoms with Gasteiger partial charge in [0, 0.05) is 16.6 Å². The topological polar surface area (TPSA) is 82.0 Å². The molecule has 1 aliphatic rings. The molecule has 0 aromatic heterocycles. The lowest BCUT2D eigenvalue weighted by Gasteiger charge is -2.16. The minimum Gasteiger partial charge on any atom is -0.478 e. The number of nitrogens with one attached hydrogen (secondary N) is 1. The number of carbonyl (C=O) groups is 2. The number of aromatic carboxylic acids is 1. The van der Waals surface area contributed by atoms with Crippen molar-refractivity contribution in [2.24, 2.45) is 11.0 Å². The number of urea groups is 1. The highest BCUT2D eigenvalue weighted by Crippen LogP contribution is 2.25. The molecule has 6 nitrogen and oxygen atoms in total. The van der Waals surface area contributed by atoms with Gasteiger partial charge in [0.25, 0.3) is 0 Å². The van der Waals surface area contributed by atoms with Crippen LogP contribution in [0.15, 0.2) is 77.9 Å². The van der Waals surface area contributed by atoms with Crippen LogP contribution in [0.1, 0.15) is 21.5 Å². The second-order valence-electron chi connectivity index (χ2n) is 7.41. The van der Waals surface area contributed by atoms with E-state index in [4.69, 9.17) is 16.7 Å². The van der Waals surface area contributed by atoms with Crippen LogP contribution in [0.5, 0.6) is 0 Å². The summed E-state index contributed by atoms with van der Waals surface area (Å²) in [7, 11) is 0. The van der Waals surface area contributed by atoms with E-state index in [9.17, 15) is 14.0 Å². The Kier molecular flexibility index (Phi) is 6.18. The van der Waals surface area contributed by atoms with E-state index in [1.54, 1.807) is 60.7 Å². The largest absolute Gasteiger partial charge is 0.478 e. The van der Waals surface area contributed by atoms with Gasteiger partial charge < -0.3 is 10.4 Å². The maximum absolute atomic E-state index is 13.4. The number of anilines is 1. The van der Waals surface area contributed by atoms with Crippen molar-refractivity contribution in [2.75, 3.05) is 11.9 Å². The average molecular weight is 452 g/mol. The molecule has 0 saturated carbocycles. The zero-order valence-electron chi connectivity index (χ0n) is 16.8. The molecular formula is C24H19ClFN3O3. The van der Waals surface area contributed by atoms with E-state index in [0.29, 0.717) is 29.4 Å². The summed E-state index contributed by atoms with van der Waals surface area (Å²) < 4.78 is 13.4. The molecule has 162 valence electrons. The van der Waals surface area contributed by atoms with Crippen LogP contribution < -0.4 is 5.32 Å². The lowest BCUT2D eigenvalue weighted by molar-refractivity contribution is 0.0697. The number of carbonyl (C=O) groups excluding carboxylic acids is 1. The third kappa shape index (κ3) is 4.95. The van der Waals surface area contributed by atoms with Crippen LogP contribution >= 0.6 is 11.6 Å². The number of halogens is 2. The van der Waals surface area contributed by atoms with Crippen LogP contribution in [0.3, 0.4) is 0 Å². The van der Waals surface area contributed by atoms with Gasteiger partial charge in [-0.2, -0.15) is 5.10 Å². The number of hydrazone groups is 1. The number of nitrogens with zero attached hydrogens (tertiary/aromatic N) is 2. The Morgan fingerprint density at radius 3 is 2.31 bits per heavy atom. The number of benzene rings is 3. The van der Waals surface area contributed by atoms with Gasteiger partial charge in [-0.05, 0) is 66.1 Å². The Morgan fingerprint density at radius 2 is 1.69 bits per heavy atom. The number of carboxylic acid groups (broad SMARTS) is 1. The van der Waals surface area contributed by atoms with Crippen molar-refractivity contribution in [1.29, 1.82) is 0 Å². The fraction of sp³-hybridized carbons (Fsp3) is 0.125. The van der Waals surface area contributed by atoms with Crippen LogP contribution in [0.2, 0.25) is 5.02 Å². The SMILES string of the molecule is O=C(O)c1ccc(CC2CN(C(=O)Nc3ccc(Cl)cc3)N=C2c2ccc(F)cc2)cc1. The van der Waals surface area contributed by atoms with Crippen molar-refractivity contribution in [3.05, 3.63) is 100 Å². The molecule has 0 bridgehead atoms. The smallest absolute Gasteiger partial charge is 0.342 e. The van der Waals surface area contributed by atoms with E-state index in [1.807, 2.05) is 0 Å². The summed E-state index contributed by atoms with van der Waals surface area (Å²) in [6.45, 7) is 0.326. The lowest BCUT2D eigenvalue weighted by atomic mass is 9.91. The molecule has 4 rings (SSSR count). The van der Waals surface area contributed by atoms with Gasteiger partial charge in [-0.1, -0.05) is 35.9 Å². The van der Waals surface area contributed by atoms with Crippen LogP contribution in [-0.4, -0.2) is 34.4 Å². The van der Waals surface area contributed by atoms with Gasteiger partial charge in [0.15, 0.2) is 0 Å². The first kappa shape index (κ1) is 21.5. The predicted molar refractivity (Wildman–Crippen MR) is 121 cm³/mol. The van der Waals surface area contributed by atoms with Crippen molar-refractivity contribution in [3.8, 4) is 0 Å². The maximum Gasteiger partial charge on any atom is 0.342 e. The van der Waals surface area contributed by atoms with E-state index >= 15 is 0 Å². The minimum absolute atomic E-state index is 0.146. The molecule has 1 aliphatic heterocycles. The van der Waals surface area contributed by atoms with Crippen molar-refractivity contribution >= 4 is 35.0 Å². The first-order chi connectivity index (χ1) is 15.4. The van der Waals surface area contributed by atoms with Crippen LogP contribution in [0.4, 0.5) is 14.9 Å². The van der Waals surface area contributed by atoms with Gasteiger partial charge in [-0.25, -0.2) is 19.0 Å². The molecule has 2 amide bonds. The molecule has 0 aliphatic carbocycles. The lowest BCUT2D eigenvalue weighted by Crippen LogP contribution is -2.31. The Balaban J connectivity index is 1.56. The summed E-state index contributed by atoms with van der Waals surface area (Å²) >= 11 is 5.89. The second-order valence-corrected chi connectivity index (χ2v) is 7.85. The van der Waals surface area contributed by atoms with Crippen LogP contribution in [0.25, 0.3) is 0 Å². The highest BCUT2D eigenvalue weighted by Gasteiger charge is 2.31. The molecule has 32 heavy (non-hydrogen) atoms. The molecule has 0 radical (unpaired) electrons. The third-order valence-corrected chi connectivity index (χ3v) is 5.41. The first-order valence-corrected chi connectivity index (χ1v) is 10.3. The van der Waals surface area contributed by atoms with Gasteiger partial charge in [-0.3, -0.25) is 0 Å². The van der Waals surface area contributed by atoms with Crippen LogP contribution in [-0.2, 0) is 6.42 Å². The molecule has 8 heteroatoms. The zero-order chi connectivity index (χ0) is 22.7. The molecule has 1 atom stereocenters. The van der Waals surface area contributed by atoms with Crippen molar-refractivity contribution in [1.82, 2.24) is 5.01 Å². The average Bonchev–Trinajstić information content (AvgIpc) is 3.20. The Morgan fingerprint density at radius 1 is 1.03 bits per heavy atom. The molecule has 0 fully saturated rings. The molecule has 1 heterocycles. The molecule has 0 spiro atoms. The second kappa shape index (κ2) is 9.20. The quantitative estimate of drug-likeness (QED) is 0.553. The minimum atomic E-state index is -0.990. The summed E-state index contributed by atoms with van der Waals surface area (Å²) in [5.41, 5.74) is 3.09. The standard InChI is InChI=1S/C24H19ClFN3O3/c25-19-7-11-21(12-8-19)27-24(32)29-14-18(13-15-1-3-17(4-2-15)23(30)31)22(28-29)16-5-9-20(26)10-6-16/h1-12,18H,13-14H2,(H,27,32)(H,30,31). The van der Waals surface area contributed by atoms with Gasteiger partial charge in [-0.15, -0.1) is 0 Å². The molecule has 2 N–H and O–H groups in total. The summed E-state index contributed by atoms with van der Waals surface area (Å²) in [5.74, 6) is -1.49. The highest BCUT2D eigenvalue weighted by molar-refractivity contribution is 6.30. The number of carboxylic acids is 1. The Hall–Kier alpha value is -3.71. The molecule has 3 aromatic rings. The number of amides is 2. The zero-order valence-corrected chi connectivity index (χ0v) is 17.6. The fourth-order valence-corrected chi connectivity index (χ4v) is 3.67. The number of rotatable bonds is 5. The third-order valence-electron chi connectivity index (χ3n) is 5.16. The molecule has 0 saturated heterocycles. The van der Waals surface area contributed by atoms with E-state index in [2.05, 4.69) is 10.4 Å². The molecular weight excluding hydrogens is 433 g/mol. The van der Waals surface area contributed by atoms with Gasteiger partial charge in [0.05, 0.1) is 17.8 Å². The summed E-state index contributed by atoms with van der Waals surface area (Å²) in [6, 6.07) is 18.9. The number of hydrogen-bond acceptors (Lipinski definition) is 3. The van der Waals surface area contributed by atoms with Crippen molar-refractivity contribution in [2.45, 2.75) is 6.42 Å². The molecule has 1 unspecified atom stereocenters. The van der Waals surface area contributed by atoms with Gasteiger partial charge >= 0.3 is 12.0 Å². The molecule has 3 aromatic carbocycles. The first-order valence-electron chi connectivity index (χ1n) is 9.90. The van der Waals surface area contributed by atoms with Crippen molar-refractivity contribution < 1.29 is 19.1 Å². The van der Waals surface area contributed by atoms with Gasteiger partial charge in [0.1, 0.15) is 5.82 Å². The van der Waals surface area contributed by atoms with E-state index in [-0.39, 0.29) is 17.3 Å². The summed E-state index contributed by atoms with van der Waals surface area (Å²) in [6.07, 6.45) is 0.542. The van der Waals surface area contributed by atoms with Gasteiger partial charge in [0.2, 0.25) is 0 Å². The van der Waals surface area contributed by atoms with Crippen molar-refractivity contribution in [3.63, 3.8) is 0 Å². The van der Waals surface area contributed by atoms with E-state index in [1.165, 1.54) is 17.1 Å². The van der Waals surface area contributed by atoms with E-state index in [0.717, 1.165) is 11.1 Å². The number of hydrogen-bond donors (Lipinski definition) is 2. The summed E-state index contributed by atoms with van der Waals surface area (Å²) in [4.78, 5) is 23.9. The summed E-state index contributed by atoms with van der Waals surface area (Å²) in [5, 5.41) is 18.3. The van der Waals surface area contributed by atoms with E-state index < -0.39 is 12.0 Å². The normalized spacial score (nSPS) is 15.4. The maximum atomic E-state index is 13.4. The fourth-order valence-electron chi connectivity index (χ4n) is 3.54. The predicted octanol–water partition coefficient (Wildman–Crippen LogP) is 5.29. The monoisotopic (exact) mass is 451 g/mol. The highest BCUT2D eigenvalue weighted by atomic mass is 35.5. The Bertz CT molecular complexity index is 1160. The Labute approximate surface area is 188 Å². The van der Waals surface area contributed by atoms with Crippen LogP contribution in [0, 0.1) is 11.7 Å².